The average Bonchev–Trinajstić information content (AvgIpc) is 2.90. The predicted molar refractivity (Wildman–Crippen MR) is 173 cm³/mol. The van der Waals surface area contributed by atoms with Gasteiger partial charge in [0.05, 0.1) is 31.0 Å². The minimum absolute atomic E-state index is 0.0579. The van der Waals surface area contributed by atoms with Gasteiger partial charge in [-0.05, 0) is 70.0 Å². The highest BCUT2D eigenvalue weighted by Gasteiger charge is 2.38. The normalized spacial score (nSPS) is 31.5. The Morgan fingerprint density at radius 3 is 2.62 bits per heavy atom. The van der Waals surface area contributed by atoms with Crippen molar-refractivity contribution >= 4 is 14.3 Å². The zero-order valence-electron chi connectivity index (χ0n) is 26.7. The molecule has 0 saturated heterocycles. The van der Waals surface area contributed by atoms with Gasteiger partial charge in [0.2, 0.25) is 0 Å². The van der Waals surface area contributed by atoms with Crippen LogP contribution in [0.4, 0.5) is 0 Å². The van der Waals surface area contributed by atoms with Gasteiger partial charge in [-0.3, -0.25) is 0 Å². The first-order chi connectivity index (χ1) is 19.8. The highest BCUT2D eigenvalue weighted by molar-refractivity contribution is 6.74. The van der Waals surface area contributed by atoms with E-state index in [4.69, 9.17) is 18.6 Å². The van der Waals surface area contributed by atoms with E-state index in [0.717, 1.165) is 44.1 Å². The summed E-state index contributed by atoms with van der Waals surface area (Å²) in [5.74, 6) is -0.478. The van der Waals surface area contributed by atoms with Gasteiger partial charge in [-0.1, -0.05) is 87.1 Å². The van der Waals surface area contributed by atoms with E-state index in [9.17, 15) is 9.90 Å². The van der Waals surface area contributed by atoms with E-state index in [-0.39, 0.29) is 29.5 Å². The first-order valence-electron chi connectivity index (χ1n) is 15.7. The van der Waals surface area contributed by atoms with Gasteiger partial charge >= 0.3 is 5.97 Å². The molecule has 3 rings (SSSR count). The van der Waals surface area contributed by atoms with Crippen molar-refractivity contribution < 1.29 is 28.5 Å². The van der Waals surface area contributed by atoms with Crippen molar-refractivity contribution in [1.82, 2.24) is 0 Å². The topological polar surface area (TPSA) is 74.2 Å². The van der Waals surface area contributed by atoms with Crippen LogP contribution in [0.25, 0.3) is 0 Å². The number of aliphatic hydroxyl groups is 1. The number of esters is 1. The van der Waals surface area contributed by atoms with Crippen LogP contribution in [0.1, 0.15) is 79.1 Å². The molecular formula is C35H54O6Si. The molecular weight excluding hydrogens is 544 g/mol. The van der Waals surface area contributed by atoms with Crippen molar-refractivity contribution in [3.05, 3.63) is 72.4 Å². The molecule has 0 aromatic heterocycles. The van der Waals surface area contributed by atoms with Gasteiger partial charge in [0, 0.05) is 12.5 Å². The summed E-state index contributed by atoms with van der Waals surface area (Å²) in [4.78, 5) is 12.8. The molecule has 234 valence electrons. The second-order valence-electron chi connectivity index (χ2n) is 13.5. The lowest BCUT2D eigenvalue weighted by Crippen LogP contribution is -2.43. The summed E-state index contributed by atoms with van der Waals surface area (Å²) < 4.78 is 24.6. The standard InChI is InChI=1S/C35H54O6Si/c1-26-12-8-13-28-14-9-15-29(39-28)16-11-19-34(37)40-33(32(36)21-20-30-24-27(2)22-23-38-30)18-10-17-31(25-26)41-42(6,7)35(3,4)5/h9-11,15,17,19-22,28-33,36H,1,8,12-14,16,18,23-25H2,2-7H3/b17-10+,19-11-,21-20+/t28-,29+,30-,31-,32+,33+/m1/s1. The summed E-state index contributed by atoms with van der Waals surface area (Å²) in [6.45, 7) is 18.3. The maximum Gasteiger partial charge on any atom is 0.330 e. The fourth-order valence-electron chi connectivity index (χ4n) is 5.09. The van der Waals surface area contributed by atoms with Crippen LogP contribution in [0.3, 0.4) is 0 Å². The van der Waals surface area contributed by atoms with Crippen molar-refractivity contribution in [3.8, 4) is 0 Å². The van der Waals surface area contributed by atoms with Crippen molar-refractivity contribution in [2.24, 2.45) is 0 Å². The molecule has 0 aliphatic carbocycles. The molecule has 0 saturated carbocycles. The molecule has 0 unspecified atom stereocenters. The third-order valence-corrected chi connectivity index (χ3v) is 13.2. The van der Waals surface area contributed by atoms with Crippen LogP contribution in [-0.4, -0.2) is 62.6 Å². The quantitative estimate of drug-likeness (QED) is 0.199. The number of fused-ring (bicyclic) bond motifs is 2. The Balaban J connectivity index is 1.81. The summed E-state index contributed by atoms with van der Waals surface area (Å²) in [7, 11) is -2.06. The summed E-state index contributed by atoms with van der Waals surface area (Å²) >= 11 is 0. The number of carbonyl (C=O) groups excluding carboxylic acids is 1. The van der Waals surface area contributed by atoms with Gasteiger partial charge in [0.1, 0.15) is 12.2 Å². The highest BCUT2D eigenvalue weighted by Crippen LogP contribution is 2.38. The second kappa shape index (κ2) is 16.2. The predicted octanol–water partition coefficient (Wildman–Crippen LogP) is 7.68. The van der Waals surface area contributed by atoms with E-state index in [2.05, 4.69) is 71.7 Å². The third kappa shape index (κ3) is 11.6. The molecule has 1 N–H and O–H groups in total. The molecule has 0 aromatic carbocycles. The number of hydrogen-bond acceptors (Lipinski definition) is 6. The number of aliphatic hydroxyl groups excluding tert-OH is 1. The maximum absolute atomic E-state index is 12.8. The Bertz CT molecular complexity index is 1050. The van der Waals surface area contributed by atoms with Gasteiger partial charge < -0.3 is 23.7 Å². The van der Waals surface area contributed by atoms with E-state index in [1.807, 2.05) is 12.2 Å². The van der Waals surface area contributed by atoms with Gasteiger partial charge in [-0.25, -0.2) is 4.79 Å². The summed E-state index contributed by atoms with van der Waals surface area (Å²) in [6, 6.07) is 0. The minimum atomic E-state index is -2.06. The van der Waals surface area contributed by atoms with Gasteiger partial charge in [0.15, 0.2) is 8.32 Å². The monoisotopic (exact) mass is 598 g/mol. The molecule has 0 spiro atoms. The average molecular weight is 599 g/mol. The Kier molecular flexibility index (Phi) is 13.3. The summed E-state index contributed by atoms with van der Waals surface area (Å²) in [5, 5.41) is 11.2. The second-order valence-corrected chi connectivity index (χ2v) is 18.3. The molecule has 42 heavy (non-hydrogen) atoms. The fourth-order valence-corrected chi connectivity index (χ4v) is 6.36. The molecule has 0 aromatic rings. The fraction of sp³-hybridized carbons (Fsp3) is 0.629. The molecule has 6 nitrogen and oxygen atoms in total. The number of hydrogen-bond donors (Lipinski definition) is 1. The smallest absolute Gasteiger partial charge is 0.330 e. The Morgan fingerprint density at radius 1 is 1.12 bits per heavy atom. The molecule has 0 fully saturated rings. The first-order valence-corrected chi connectivity index (χ1v) is 18.6. The van der Waals surface area contributed by atoms with Crippen LogP contribution in [0, 0.1) is 0 Å². The maximum atomic E-state index is 12.8. The number of cyclic esters (lactones) is 1. The molecule has 0 amide bonds. The van der Waals surface area contributed by atoms with Crippen LogP contribution in [-0.2, 0) is 23.4 Å². The molecule has 3 aliphatic rings. The number of ether oxygens (including phenoxy) is 3. The van der Waals surface area contributed by atoms with Crippen molar-refractivity contribution in [2.45, 2.75) is 134 Å². The Hall–Kier alpha value is -2.03. The molecule has 6 atom stereocenters. The SMILES string of the molecule is C=C1CCC[C@@H]2CC=C[C@@H](C/C=C\C(=O)O[C@H]([C@@H](O)/C=C/[C@@H]3CC(C)=CCO3)C/C=C/[C@@H](O[Si](C)(C)C(C)(C)C)C1)O2. The lowest BCUT2D eigenvalue weighted by Gasteiger charge is -2.39. The zero-order valence-corrected chi connectivity index (χ0v) is 27.7. The van der Waals surface area contributed by atoms with Crippen LogP contribution in [0.15, 0.2) is 72.4 Å². The molecule has 7 heteroatoms. The van der Waals surface area contributed by atoms with Gasteiger partial charge in [0.25, 0.3) is 0 Å². The summed E-state index contributed by atoms with van der Waals surface area (Å²) in [5.41, 5.74) is 2.43. The van der Waals surface area contributed by atoms with Crippen molar-refractivity contribution in [2.75, 3.05) is 6.61 Å². The minimum Gasteiger partial charge on any atom is -0.456 e. The van der Waals surface area contributed by atoms with Crippen molar-refractivity contribution in [3.63, 3.8) is 0 Å². The molecule has 0 radical (unpaired) electrons. The molecule has 3 aliphatic heterocycles. The lowest BCUT2D eigenvalue weighted by molar-refractivity contribution is -0.147. The third-order valence-electron chi connectivity index (χ3n) is 8.69. The lowest BCUT2D eigenvalue weighted by atomic mass is 9.99. The Labute approximate surface area is 255 Å². The zero-order chi connectivity index (χ0) is 30.8. The van der Waals surface area contributed by atoms with E-state index >= 15 is 0 Å². The van der Waals surface area contributed by atoms with Gasteiger partial charge in [-0.2, -0.15) is 0 Å². The number of carbonyl (C=O) groups is 1. The van der Waals surface area contributed by atoms with Crippen molar-refractivity contribution in [1.29, 1.82) is 0 Å². The van der Waals surface area contributed by atoms with E-state index in [1.54, 1.807) is 12.2 Å². The molecule has 3 heterocycles. The van der Waals surface area contributed by atoms with E-state index < -0.39 is 26.5 Å². The van der Waals surface area contributed by atoms with Gasteiger partial charge in [-0.15, -0.1) is 0 Å². The number of rotatable bonds is 5. The van der Waals surface area contributed by atoms with Crippen LogP contribution < -0.4 is 0 Å². The summed E-state index contributed by atoms with van der Waals surface area (Å²) in [6.07, 6.45) is 21.6. The molecule has 2 bridgehead atoms. The van der Waals surface area contributed by atoms with E-state index in [1.165, 1.54) is 11.6 Å². The van der Waals surface area contributed by atoms with Crippen LogP contribution in [0.5, 0.6) is 0 Å². The Morgan fingerprint density at radius 2 is 1.88 bits per heavy atom. The first kappa shape index (κ1) is 34.5. The largest absolute Gasteiger partial charge is 0.456 e. The van der Waals surface area contributed by atoms with Crippen LogP contribution in [0.2, 0.25) is 18.1 Å². The van der Waals surface area contributed by atoms with E-state index in [0.29, 0.717) is 19.4 Å². The van der Waals surface area contributed by atoms with Crippen LogP contribution >= 0.6 is 0 Å². The highest BCUT2D eigenvalue weighted by atomic mass is 28.4.